The van der Waals surface area contributed by atoms with Gasteiger partial charge in [0, 0.05) is 23.3 Å². The van der Waals surface area contributed by atoms with Gasteiger partial charge in [0.2, 0.25) is 5.91 Å². The van der Waals surface area contributed by atoms with Gasteiger partial charge in [0.05, 0.1) is 0 Å². The van der Waals surface area contributed by atoms with Crippen LogP contribution in [0, 0.1) is 0 Å². The molecule has 1 atom stereocenters. The molecule has 0 aromatic carbocycles. The summed E-state index contributed by atoms with van der Waals surface area (Å²) in [5.74, 6) is -0.378. The van der Waals surface area contributed by atoms with E-state index in [0.717, 1.165) is 5.56 Å². The van der Waals surface area contributed by atoms with Gasteiger partial charge in [-0.15, -0.1) is 10.2 Å². The van der Waals surface area contributed by atoms with Crippen LogP contribution in [-0.2, 0) is 4.79 Å². The zero-order valence-corrected chi connectivity index (χ0v) is 10.5. The number of nitrogens with two attached hydrogens (primary N) is 1. The van der Waals surface area contributed by atoms with Crippen LogP contribution >= 0.6 is 11.3 Å². The van der Waals surface area contributed by atoms with Crippen LogP contribution in [0.2, 0.25) is 0 Å². The van der Waals surface area contributed by atoms with Crippen molar-refractivity contribution in [1.82, 2.24) is 15.2 Å². The normalized spacial score (nSPS) is 12.3. The van der Waals surface area contributed by atoms with E-state index in [-0.39, 0.29) is 23.6 Å². The molecule has 6 nitrogen and oxygen atoms in total. The van der Waals surface area contributed by atoms with Crippen molar-refractivity contribution in [2.75, 3.05) is 0 Å². The lowest BCUT2D eigenvalue weighted by atomic mass is 10.0. The van der Waals surface area contributed by atoms with Crippen LogP contribution in [0.4, 0.5) is 0 Å². The Balaban J connectivity index is 2.31. The molecule has 0 saturated carbocycles. The van der Waals surface area contributed by atoms with E-state index in [4.69, 9.17) is 5.73 Å². The molecule has 2 heterocycles. The molecule has 0 fully saturated rings. The van der Waals surface area contributed by atoms with E-state index in [1.54, 1.807) is 6.92 Å². The molecule has 0 bridgehead atoms. The third-order valence-corrected chi connectivity index (χ3v) is 3.17. The van der Waals surface area contributed by atoms with E-state index >= 15 is 0 Å². The van der Waals surface area contributed by atoms with Gasteiger partial charge in [-0.1, -0.05) is 6.92 Å². The first-order valence-electron chi connectivity index (χ1n) is 5.35. The number of aromatic nitrogens is 3. The van der Waals surface area contributed by atoms with Crippen molar-refractivity contribution in [3.05, 3.63) is 32.9 Å². The van der Waals surface area contributed by atoms with Gasteiger partial charge in [0.25, 0.3) is 5.56 Å². The van der Waals surface area contributed by atoms with Crippen LogP contribution < -0.4 is 11.3 Å². The van der Waals surface area contributed by atoms with Crippen molar-refractivity contribution in [3.63, 3.8) is 0 Å². The lowest BCUT2D eigenvalue weighted by molar-refractivity contribution is -0.118. The highest BCUT2D eigenvalue weighted by Crippen LogP contribution is 2.17. The zero-order valence-electron chi connectivity index (χ0n) is 9.71. The number of hydrogen-bond acceptors (Lipinski definition) is 5. The number of hydrogen-bond donors (Lipinski definition) is 2. The Morgan fingerprint density at radius 3 is 2.89 bits per heavy atom. The van der Waals surface area contributed by atoms with E-state index in [1.807, 2.05) is 16.8 Å². The maximum atomic E-state index is 11.9. The van der Waals surface area contributed by atoms with Crippen LogP contribution in [0.5, 0.6) is 0 Å². The standard InChI is InChI=1S/C11H12N4O2S/c1-6(4-8(12)16)9-11(17)13-10(15-14-9)7-2-3-18-5-7/h2-3,5-6H,4H2,1H3,(H2,12,16)(H,13,15,17). The fourth-order valence-electron chi connectivity index (χ4n) is 1.60. The van der Waals surface area contributed by atoms with Crippen LogP contribution in [0.15, 0.2) is 21.6 Å². The molecular weight excluding hydrogens is 252 g/mol. The van der Waals surface area contributed by atoms with Crippen LogP contribution in [-0.4, -0.2) is 21.1 Å². The van der Waals surface area contributed by atoms with Gasteiger partial charge in [0.15, 0.2) is 5.82 Å². The van der Waals surface area contributed by atoms with Crippen LogP contribution in [0.3, 0.4) is 0 Å². The molecule has 1 unspecified atom stereocenters. The molecule has 2 rings (SSSR count). The molecule has 0 aliphatic carbocycles. The highest BCUT2D eigenvalue weighted by atomic mass is 32.1. The van der Waals surface area contributed by atoms with Crippen LogP contribution in [0.25, 0.3) is 11.4 Å². The number of nitrogens with one attached hydrogen (secondary N) is 1. The highest BCUT2D eigenvalue weighted by Gasteiger charge is 2.15. The Labute approximate surface area is 107 Å². The number of thiophene rings is 1. The van der Waals surface area contributed by atoms with E-state index in [1.165, 1.54) is 11.3 Å². The summed E-state index contributed by atoms with van der Waals surface area (Å²) >= 11 is 1.51. The Hall–Kier alpha value is -2.02. The van der Waals surface area contributed by atoms with Gasteiger partial charge in [-0.3, -0.25) is 9.59 Å². The molecule has 1 amide bonds. The number of primary amides is 1. The number of H-pyrrole nitrogens is 1. The minimum atomic E-state index is -0.467. The predicted molar refractivity (Wildman–Crippen MR) is 68.2 cm³/mol. The van der Waals surface area contributed by atoms with Gasteiger partial charge in [0.1, 0.15) is 5.69 Å². The topological polar surface area (TPSA) is 102 Å². The molecule has 0 radical (unpaired) electrons. The molecule has 2 aromatic heterocycles. The van der Waals surface area contributed by atoms with Crippen molar-refractivity contribution in [1.29, 1.82) is 0 Å². The van der Waals surface area contributed by atoms with Gasteiger partial charge in [-0.05, 0) is 11.4 Å². The molecule has 18 heavy (non-hydrogen) atoms. The average Bonchev–Trinajstić information content (AvgIpc) is 2.80. The van der Waals surface area contributed by atoms with E-state index in [0.29, 0.717) is 5.82 Å². The molecule has 0 saturated heterocycles. The van der Waals surface area contributed by atoms with Crippen molar-refractivity contribution in [2.45, 2.75) is 19.3 Å². The number of aromatic amines is 1. The average molecular weight is 264 g/mol. The molecule has 0 aliphatic rings. The fraction of sp³-hybridized carbons (Fsp3) is 0.273. The Kier molecular flexibility index (Phi) is 3.52. The fourth-order valence-corrected chi connectivity index (χ4v) is 2.24. The number of nitrogens with zero attached hydrogens (tertiary/aromatic N) is 2. The first-order valence-corrected chi connectivity index (χ1v) is 6.30. The Morgan fingerprint density at radius 2 is 2.33 bits per heavy atom. The van der Waals surface area contributed by atoms with Crippen molar-refractivity contribution in [3.8, 4) is 11.4 Å². The monoisotopic (exact) mass is 264 g/mol. The quantitative estimate of drug-likeness (QED) is 0.855. The third kappa shape index (κ3) is 2.62. The second-order valence-corrected chi connectivity index (χ2v) is 4.75. The van der Waals surface area contributed by atoms with Crippen molar-refractivity contribution < 1.29 is 4.79 Å². The van der Waals surface area contributed by atoms with Gasteiger partial charge in [-0.2, -0.15) is 11.3 Å². The SMILES string of the molecule is CC(CC(N)=O)c1nnc(-c2ccsc2)[nH]c1=O. The Morgan fingerprint density at radius 1 is 1.56 bits per heavy atom. The van der Waals surface area contributed by atoms with Crippen molar-refractivity contribution >= 4 is 17.2 Å². The summed E-state index contributed by atoms with van der Waals surface area (Å²) in [4.78, 5) is 25.3. The molecular formula is C11H12N4O2S. The second-order valence-electron chi connectivity index (χ2n) is 3.97. The first kappa shape index (κ1) is 12.4. The van der Waals surface area contributed by atoms with Gasteiger partial charge < -0.3 is 10.7 Å². The van der Waals surface area contributed by atoms with Crippen molar-refractivity contribution in [2.24, 2.45) is 5.73 Å². The summed E-state index contributed by atoms with van der Waals surface area (Å²) < 4.78 is 0. The Bertz CT molecular complexity index is 606. The number of amides is 1. The summed E-state index contributed by atoms with van der Waals surface area (Å²) in [6.07, 6.45) is 0.0789. The van der Waals surface area contributed by atoms with Gasteiger partial charge in [-0.25, -0.2) is 0 Å². The van der Waals surface area contributed by atoms with Gasteiger partial charge >= 0.3 is 0 Å². The number of carbonyl (C=O) groups excluding carboxylic acids is 1. The smallest absolute Gasteiger partial charge is 0.273 e. The van der Waals surface area contributed by atoms with Crippen LogP contribution in [0.1, 0.15) is 25.0 Å². The molecule has 2 aromatic rings. The number of carbonyl (C=O) groups is 1. The minimum Gasteiger partial charge on any atom is -0.370 e. The maximum absolute atomic E-state index is 11.9. The molecule has 3 N–H and O–H groups in total. The second kappa shape index (κ2) is 5.09. The number of rotatable bonds is 4. The summed E-state index contributed by atoms with van der Waals surface area (Å²) in [7, 11) is 0. The summed E-state index contributed by atoms with van der Waals surface area (Å²) in [6, 6.07) is 1.84. The zero-order chi connectivity index (χ0) is 13.1. The predicted octanol–water partition coefficient (Wildman–Crippen LogP) is 0.872. The first-order chi connectivity index (χ1) is 8.58. The summed E-state index contributed by atoms with van der Waals surface area (Å²) in [5.41, 5.74) is 5.80. The molecule has 0 aliphatic heterocycles. The molecule has 94 valence electrons. The molecule has 7 heteroatoms. The maximum Gasteiger partial charge on any atom is 0.273 e. The van der Waals surface area contributed by atoms with E-state index < -0.39 is 5.91 Å². The lowest BCUT2D eigenvalue weighted by Gasteiger charge is -2.06. The summed E-state index contributed by atoms with van der Waals surface area (Å²) in [5, 5.41) is 11.6. The van der Waals surface area contributed by atoms with E-state index in [2.05, 4.69) is 15.2 Å². The third-order valence-electron chi connectivity index (χ3n) is 2.49. The van der Waals surface area contributed by atoms with E-state index in [9.17, 15) is 9.59 Å². The minimum absolute atomic E-state index is 0.0789. The summed E-state index contributed by atoms with van der Waals surface area (Å²) in [6.45, 7) is 1.72. The molecule has 0 spiro atoms. The highest BCUT2D eigenvalue weighted by molar-refractivity contribution is 7.08. The lowest BCUT2D eigenvalue weighted by Crippen LogP contribution is -2.23. The largest absolute Gasteiger partial charge is 0.370 e.